The monoisotopic (exact) mass is 205 g/mol. The Kier molecular flexibility index (Phi) is 8.24. The molecular formula is C9H19NO2S. The van der Waals surface area contributed by atoms with Crippen molar-refractivity contribution in [2.45, 2.75) is 32.2 Å². The van der Waals surface area contributed by atoms with Gasteiger partial charge in [-0.3, -0.25) is 4.79 Å². The normalized spacial score (nSPS) is 12.8. The van der Waals surface area contributed by atoms with E-state index < -0.39 is 5.97 Å². The summed E-state index contributed by atoms with van der Waals surface area (Å²) in [7, 11) is 0. The summed E-state index contributed by atoms with van der Waals surface area (Å²) in [6.07, 6.45) is 4.10. The zero-order valence-electron chi connectivity index (χ0n) is 8.38. The predicted molar refractivity (Wildman–Crippen MR) is 57.3 cm³/mol. The average molecular weight is 205 g/mol. The Bertz CT molecular complexity index is 142. The number of aliphatic carboxylic acids is 1. The molecule has 0 rings (SSSR count). The molecule has 0 radical (unpaired) electrons. The Labute approximate surface area is 84.3 Å². The lowest BCUT2D eigenvalue weighted by Gasteiger charge is -2.11. The molecule has 0 saturated carbocycles. The van der Waals surface area contributed by atoms with Gasteiger partial charge >= 0.3 is 5.97 Å². The van der Waals surface area contributed by atoms with Gasteiger partial charge in [-0.25, -0.2) is 0 Å². The summed E-state index contributed by atoms with van der Waals surface area (Å²) in [5.41, 5.74) is 0. The summed E-state index contributed by atoms with van der Waals surface area (Å²) in [5, 5.41) is 11.7. The van der Waals surface area contributed by atoms with Crippen LogP contribution in [0.4, 0.5) is 0 Å². The molecule has 78 valence electrons. The fraction of sp³-hybridized carbons (Fsp3) is 0.889. The standard InChI is InChI=1S/C9H19NO2S/c1-8(7-13-2)10-6-4-3-5-9(11)12/h8,10H,3-7H2,1-2H3,(H,11,12). The van der Waals surface area contributed by atoms with Crippen LogP contribution in [0.5, 0.6) is 0 Å². The summed E-state index contributed by atoms with van der Waals surface area (Å²) in [5.74, 6) is 0.413. The van der Waals surface area contributed by atoms with Crippen molar-refractivity contribution in [2.75, 3.05) is 18.6 Å². The van der Waals surface area contributed by atoms with Crippen LogP contribution in [0, 0.1) is 0 Å². The van der Waals surface area contributed by atoms with Gasteiger partial charge < -0.3 is 10.4 Å². The van der Waals surface area contributed by atoms with Crippen molar-refractivity contribution in [1.82, 2.24) is 5.32 Å². The second-order valence-corrected chi connectivity index (χ2v) is 4.07. The third kappa shape index (κ3) is 9.70. The Balaban J connectivity index is 3.11. The minimum atomic E-state index is -0.697. The van der Waals surface area contributed by atoms with E-state index in [4.69, 9.17) is 5.11 Å². The first-order valence-corrected chi connectivity index (χ1v) is 6.00. The van der Waals surface area contributed by atoms with Crippen molar-refractivity contribution in [3.8, 4) is 0 Å². The Morgan fingerprint density at radius 1 is 1.54 bits per heavy atom. The van der Waals surface area contributed by atoms with E-state index in [1.807, 2.05) is 11.8 Å². The van der Waals surface area contributed by atoms with Crippen LogP contribution in [-0.4, -0.2) is 35.7 Å². The van der Waals surface area contributed by atoms with Crippen LogP contribution in [0.3, 0.4) is 0 Å². The van der Waals surface area contributed by atoms with Crippen molar-refractivity contribution < 1.29 is 9.90 Å². The summed E-state index contributed by atoms with van der Waals surface area (Å²) in [6.45, 7) is 3.07. The van der Waals surface area contributed by atoms with E-state index in [1.54, 1.807) is 0 Å². The second kappa shape index (κ2) is 8.38. The SMILES string of the molecule is CSCC(C)NCCCCC(=O)O. The smallest absolute Gasteiger partial charge is 0.303 e. The molecule has 0 aromatic heterocycles. The van der Waals surface area contributed by atoms with E-state index in [0.29, 0.717) is 12.5 Å². The number of carboxylic acids is 1. The van der Waals surface area contributed by atoms with E-state index in [-0.39, 0.29) is 0 Å². The topological polar surface area (TPSA) is 49.3 Å². The zero-order valence-corrected chi connectivity index (χ0v) is 9.19. The van der Waals surface area contributed by atoms with Crippen molar-refractivity contribution >= 4 is 17.7 Å². The van der Waals surface area contributed by atoms with E-state index in [9.17, 15) is 4.79 Å². The number of nitrogens with one attached hydrogen (secondary N) is 1. The van der Waals surface area contributed by atoms with Gasteiger partial charge in [0.05, 0.1) is 0 Å². The molecule has 0 aliphatic heterocycles. The van der Waals surface area contributed by atoms with E-state index >= 15 is 0 Å². The van der Waals surface area contributed by atoms with Gasteiger partial charge in [-0.05, 0) is 32.6 Å². The maximum atomic E-state index is 10.2. The minimum absolute atomic E-state index is 0.290. The minimum Gasteiger partial charge on any atom is -0.481 e. The van der Waals surface area contributed by atoms with Crippen LogP contribution in [0.2, 0.25) is 0 Å². The van der Waals surface area contributed by atoms with Crippen molar-refractivity contribution in [3.05, 3.63) is 0 Å². The number of unbranched alkanes of at least 4 members (excludes halogenated alkanes) is 1. The van der Waals surface area contributed by atoms with E-state index in [0.717, 1.165) is 25.1 Å². The number of thioether (sulfide) groups is 1. The largest absolute Gasteiger partial charge is 0.481 e. The lowest BCUT2D eigenvalue weighted by molar-refractivity contribution is -0.137. The summed E-state index contributed by atoms with van der Waals surface area (Å²) in [4.78, 5) is 10.2. The first-order valence-electron chi connectivity index (χ1n) is 4.61. The number of carbonyl (C=O) groups is 1. The highest BCUT2D eigenvalue weighted by Gasteiger charge is 1.99. The molecule has 3 nitrogen and oxygen atoms in total. The third-order valence-corrected chi connectivity index (χ3v) is 2.56. The highest BCUT2D eigenvalue weighted by molar-refractivity contribution is 7.98. The van der Waals surface area contributed by atoms with Gasteiger partial charge in [-0.1, -0.05) is 0 Å². The van der Waals surface area contributed by atoms with Gasteiger partial charge in [0, 0.05) is 18.2 Å². The van der Waals surface area contributed by atoms with Crippen LogP contribution < -0.4 is 5.32 Å². The molecule has 0 aromatic carbocycles. The van der Waals surface area contributed by atoms with Crippen molar-refractivity contribution in [3.63, 3.8) is 0 Å². The molecule has 4 heteroatoms. The van der Waals surface area contributed by atoms with Gasteiger partial charge in [-0.15, -0.1) is 0 Å². The zero-order chi connectivity index (χ0) is 10.1. The lowest BCUT2D eigenvalue weighted by Crippen LogP contribution is -2.29. The number of hydrogen-bond donors (Lipinski definition) is 2. The maximum Gasteiger partial charge on any atom is 0.303 e. The quantitative estimate of drug-likeness (QED) is 0.591. The molecule has 1 unspecified atom stereocenters. The Morgan fingerprint density at radius 2 is 2.23 bits per heavy atom. The fourth-order valence-corrected chi connectivity index (χ4v) is 1.68. The molecular weight excluding hydrogens is 186 g/mol. The molecule has 13 heavy (non-hydrogen) atoms. The average Bonchev–Trinajstić information content (AvgIpc) is 2.03. The first kappa shape index (κ1) is 12.8. The maximum absolute atomic E-state index is 10.2. The molecule has 0 saturated heterocycles. The van der Waals surface area contributed by atoms with Crippen LogP contribution in [0.15, 0.2) is 0 Å². The number of hydrogen-bond acceptors (Lipinski definition) is 3. The Morgan fingerprint density at radius 3 is 2.77 bits per heavy atom. The molecule has 0 aliphatic carbocycles. The molecule has 0 fully saturated rings. The summed E-state index contributed by atoms with van der Waals surface area (Å²) < 4.78 is 0. The highest BCUT2D eigenvalue weighted by atomic mass is 32.2. The third-order valence-electron chi connectivity index (χ3n) is 1.73. The van der Waals surface area contributed by atoms with Gasteiger partial charge in [0.15, 0.2) is 0 Å². The molecule has 0 aromatic rings. The lowest BCUT2D eigenvalue weighted by atomic mass is 10.2. The van der Waals surface area contributed by atoms with Gasteiger partial charge in [0.1, 0.15) is 0 Å². The molecule has 0 bridgehead atoms. The molecule has 0 spiro atoms. The molecule has 2 N–H and O–H groups in total. The molecule has 0 amide bonds. The van der Waals surface area contributed by atoms with Crippen LogP contribution in [-0.2, 0) is 4.79 Å². The second-order valence-electron chi connectivity index (χ2n) is 3.16. The first-order chi connectivity index (χ1) is 6.16. The van der Waals surface area contributed by atoms with E-state index in [1.165, 1.54) is 0 Å². The van der Waals surface area contributed by atoms with Crippen molar-refractivity contribution in [2.24, 2.45) is 0 Å². The molecule has 1 atom stereocenters. The molecule has 0 heterocycles. The molecule has 0 aliphatic rings. The Hall–Kier alpha value is -0.220. The summed E-state index contributed by atoms with van der Waals surface area (Å²) in [6, 6.07) is 0.528. The highest BCUT2D eigenvalue weighted by Crippen LogP contribution is 1.98. The fourth-order valence-electron chi connectivity index (χ4n) is 1.06. The number of rotatable bonds is 8. The van der Waals surface area contributed by atoms with Crippen molar-refractivity contribution in [1.29, 1.82) is 0 Å². The van der Waals surface area contributed by atoms with Crippen LogP contribution in [0.25, 0.3) is 0 Å². The van der Waals surface area contributed by atoms with Gasteiger partial charge in [-0.2, -0.15) is 11.8 Å². The van der Waals surface area contributed by atoms with Crippen LogP contribution >= 0.6 is 11.8 Å². The van der Waals surface area contributed by atoms with Gasteiger partial charge in [0.2, 0.25) is 0 Å². The predicted octanol–water partition coefficient (Wildman–Crippen LogP) is 1.58. The summed E-state index contributed by atoms with van der Waals surface area (Å²) >= 11 is 1.82. The van der Waals surface area contributed by atoms with Crippen LogP contribution in [0.1, 0.15) is 26.2 Å². The van der Waals surface area contributed by atoms with E-state index in [2.05, 4.69) is 18.5 Å². The van der Waals surface area contributed by atoms with Gasteiger partial charge in [0.25, 0.3) is 0 Å². The number of carboxylic acid groups (broad SMARTS) is 1.